The molecule has 5 heteroatoms. The smallest absolute Gasteiger partial charge is 0.258 e. The van der Waals surface area contributed by atoms with Crippen LogP contribution in [0.25, 0.3) is 16.4 Å². The molecule has 0 atom stereocenters. The van der Waals surface area contributed by atoms with Gasteiger partial charge in [-0.25, -0.2) is 4.98 Å². The van der Waals surface area contributed by atoms with Gasteiger partial charge in [-0.15, -0.1) is 0 Å². The Balaban J connectivity index is 1.51. The van der Waals surface area contributed by atoms with Gasteiger partial charge >= 0.3 is 0 Å². The van der Waals surface area contributed by atoms with Gasteiger partial charge in [0.1, 0.15) is 5.65 Å². The van der Waals surface area contributed by atoms with Crippen LogP contribution in [0.1, 0.15) is 16.8 Å². The normalized spacial score (nSPS) is 12.8. The molecule has 26 heavy (non-hydrogen) atoms. The first kappa shape index (κ1) is 15.4. The number of aromatic nitrogens is 2. The second kappa shape index (κ2) is 5.85. The van der Waals surface area contributed by atoms with Gasteiger partial charge in [0.25, 0.3) is 5.56 Å². The molecule has 0 amide bonds. The van der Waals surface area contributed by atoms with Crippen molar-refractivity contribution in [1.82, 2.24) is 9.38 Å². The Morgan fingerprint density at radius 1 is 1.08 bits per heavy atom. The number of halogens is 1. The quantitative estimate of drug-likeness (QED) is 0.594. The Hall–Kier alpha value is -2.85. The lowest BCUT2D eigenvalue weighted by Crippen LogP contribution is -2.16. The summed E-state index contributed by atoms with van der Waals surface area (Å²) in [5, 5.41) is 6.58. The topological polar surface area (TPSA) is 46.4 Å². The zero-order valence-electron chi connectivity index (χ0n) is 14.0. The van der Waals surface area contributed by atoms with Gasteiger partial charge in [-0.05, 0) is 47.6 Å². The first-order chi connectivity index (χ1) is 12.7. The van der Waals surface area contributed by atoms with Crippen LogP contribution in [0.3, 0.4) is 0 Å². The van der Waals surface area contributed by atoms with Gasteiger partial charge in [-0.2, -0.15) is 0 Å². The van der Waals surface area contributed by atoms with Crippen LogP contribution >= 0.6 is 11.6 Å². The molecule has 0 radical (unpaired) electrons. The first-order valence-corrected chi connectivity index (χ1v) is 9.02. The number of nitrogens with one attached hydrogen (secondary N) is 1. The molecule has 1 aliphatic carbocycles. The van der Waals surface area contributed by atoms with E-state index in [0.29, 0.717) is 22.9 Å². The van der Waals surface area contributed by atoms with Crippen molar-refractivity contribution in [3.63, 3.8) is 0 Å². The molecule has 0 bridgehead atoms. The van der Waals surface area contributed by atoms with Crippen molar-refractivity contribution in [1.29, 1.82) is 0 Å². The molecule has 0 spiro atoms. The Bertz CT molecular complexity index is 1220. The average Bonchev–Trinajstić information content (AvgIpc) is 3.07. The third-order valence-corrected chi connectivity index (χ3v) is 5.24. The molecule has 5 rings (SSSR count). The lowest BCUT2D eigenvalue weighted by molar-refractivity contribution is 0.972. The molecule has 4 nitrogen and oxygen atoms in total. The second-order valence-electron chi connectivity index (χ2n) is 6.63. The summed E-state index contributed by atoms with van der Waals surface area (Å²) in [6, 6.07) is 15.8. The van der Waals surface area contributed by atoms with Crippen LogP contribution in [0.4, 0.5) is 5.69 Å². The van der Waals surface area contributed by atoms with Crippen LogP contribution in [0.15, 0.2) is 59.5 Å². The maximum atomic E-state index is 12.3. The van der Waals surface area contributed by atoms with Crippen LogP contribution in [0.5, 0.6) is 0 Å². The summed E-state index contributed by atoms with van der Waals surface area (Å²) < 4.78 is 1.46. The molecule has 1 N–H and O–H groups in total. The highest BCUT2D eigenvalue weighted by atomic mass is 35.5. The molecular weight excluding hydrogens is 346 g/mol. The molecule has 0 saturated carbocycles. The zero-order valence-corrected chi connectivity index (χ0v) is 14.8. The summed E-state index contributed by atoms with van der Waals surface area (Å²) in [5.41, 5.74) is 5.08. The van der Waals surface area contributed by atoms with Crippen molar-refractivity contribution in [3.8, 4) is 0 Å². The van der Waals surface area contributed by atoms with Crippen LogP contribution in [0, 0.1) is 0 Å². The Labute approximate surface area is 155 Å². The fourth-order valence-electron chi connectivity index (χ4n) is 3.80. The minimum Gasteiger partial charge on any atom is -0.379 e. The van der Waals surface area contributed by atoms with Crippen LogP contribution < -0.4 is 10.9 Å². The molecule has 1 aliphatic rings. The largest absolute Gasteiger partial charge is 0.379 e. The molecule has 0 aliphatic heterocycles. The van der Waals surface area contributed by atoms with E-state index in [1.807, 2.05) is 0 Å². The summed E-state index contributed by atoms with van der Waals surface area (Å²) in [6.45, 7) is 0.493. The number of hydrogen-bond acceptors (Lipinski definition) is 3. The van der Waals surface area contributed by atoms with E-state index < -0.39 is 0 Å². The average molecular weight is 362 g/mol. The third-order valence-electron chi connectivity index (χ3n) is 5.01. The van der Waals surface area contributed by atoms with Gasteiger partial charge in [0, 0.05) is 23.3 Å². The number of nitrogens with zero attached hydrogens (tertiary/aromatic N) is 2. The van der Waals surface area contributed by atoms with Gasteiger partial charge < -0.3 is 5.32 Å². The van der Waals surface area contributed by atoms with E-state index in [2.05, 4.69) is 40.6 Å². The van der Waals surface area contributed by atoms with E-state index in [9.17, 15) is 4.79 Å². The van der Waals surface area contributed by atoms with E-state index in [1.165, 1.54) is 26.3 Å². The standard InChI is InChI=1S/C21H16ClN3O/c22-15-7-9-19-24-16(10-20(26)25(19)12-15)11-23-18-8-6-14-5-4-13-2-1-3-17(18)21(13)14/h1-3,6-10,12,23H,4-5,11H2. The number of pyridine rings is 1. The minimum atomic E-state index is -0.130. The van der Waals surface area contributed by atoms with Crippen LogP contribution in [-0.2, 0) is 19.4 Å². The zero-order chi connectivity index (χ0) is 17.7. The lowest BCUT2D eigenvalue weighted by atomic mass is 10.0. The predicted molar refractivity (Wildman–Crippen MR) is 105 cm³/mol. The number of anilines is 1. The predicted octanol–water partition coefficient (Wildman–Crippen LogP) is 4.21. The maximum Gasteiger partial charge on any atom is 0.258 e. The van der Waals surface area contributed by atoms with E-state index >= 15 is 0 Å². The molecule has 0 fully saturated rings. The molecule has 2 aromatic carbocycles. The van der Waals surface area contributed by atoms with Gasteiger partial charge in [0.05, 0.1) is 17.3 Å². The highest BCUT2D eigenvalue weighted by Gasteiger charge is 2.15. The van der Waals surface area contributed by atoms with Gasteiger partial charge in [0.15, 0.2) is 0 Å². The molecular formula is C21H16ClN3O. The summed E-state index contributed by atoms with van der Waals surface area (Å²) in [6.07, 6.45) is 3.82. The van der Waals surface area contributed by atoms with Gasteiger partial charge in [-0.1, -0.05) is 35.9 Å². The Morgan fingerprint density at radius 3 is 2.81 bits per heavy atom. The van der Waals surface area contributed by atoms with Crippen molar-refractivity contribution in [2.24, 2.45) is 0 Å². The molecule has 0 unspecified atom stereocenters. The first-order valence-electron chi connectivity index (χ1n) is 8.64. The Kier molecular flexibility index (Phi) is 3.47. The van der Waals surface area contributed by atoms with Gasteiger partial charge in [0.2, 0.25) is 0 Å². The minimum absolute atomic E-state index is 0.130. The number of rotatable bonds is 3. The summed E-state index contributed by atoms with van der Waals surface area (Å²) in [7, 11) is 0. The number of hydrogen-bond donors (Lipinski definition) is 1. The van der Waals surface area contributed by atoms with Crippen LogP contribution in [0.2, 0.25) is 5.02 Å². The van der Waals surface area contributed by atoms with E-state index in [0.717, 1.165) is 18.5 Å². The van der Waals surface area contributed by atoms with Crippen molar-refractivity contribution < 1.29 is 0 Å². The third kappa shape index (κ3) is 2.45. The number of fused-ring (bicyclic) bond motifs is 1. The van der Waals surface area contributed by atoms with Crippen molar-refractivity contribution in [2.45, 2.75) is 19.4 Å². The number of aryl methyl sites for hydroxylation is 2. The summed E-state index contributed by atoms with van der Waals surface area (Å²) >= 11 is 5.96. The fraction of sp³-hybridized carbons (Fsp3) is 0.143. The molecule has 2 aromatic heterocycles. The highest BCUT2D eigenvalue weighted by Crippen LogP contribution is 2.35. The molecule has 2 heterocycles. The van der Waals surface area contributed by atoms with E-state index in [4.69, 9.17) is 11.6 Å². The fourth-order valence-corrected chi connectivity index (χ4v) is 3.96. The SMILES string of the molecule is O=c1cc(CNc2ccc3c4c(cccc24)CC3)nc2ccc(Cl)cn12. The van der Waals surface area contributed by atoms with E-state index in [1.54, 1.807) is 24.4 Å². The monoisotopic (exact) mass is 361 g/mol. The van der Waals surface area contributed by atoms with Gasteiger partial charge in [-0.3, -0.25) is 9.20 Å². The summed E-state index contributed by atoms with van der Waals surface area (Å²) in [5.74, 6) is 0. The maximum absolute atomic E-state index is 12.3. The molecule has 0 saturated heterocycles. The summed E-state index contributed by atoms with van der Waals surface area (Å²) in [4.78, 5) is 16.9. The lowest BCUT2D eigenvalue weighted by Gasteiger charge is -2.12. The Morgan fingerprint density at radius 2 is 1.92 bits per heavy atom. The van der Waals surface area contributed by atoms with Crippen molar-refractivity contribution in [3.05, 3.63) is 86.9 Å². The van der Waals surface area contributed by atoms with Crippen molar-refractivity contribution >= 4 is 33.7 Å². The van der Waals surface area contributed by atoms with Crippen LogP contribution in [-0.4, -0.2) is 9.38 Å². The van der Waals surface area contributed by atoms with E-state index in [-0.39, 0.29) is 5.56 Å². The number of benzene rings is 2. The second-order valence-corrected chi connectivity index (χ2v) is 7.06. The van der Waals surface area contributed by atoms with Crippen molar-refractivity contribution in [2.75, 3.05) is 5.32 Å². The molecule has 128 valence electrons. The highest BCUT2D eigenvalue weighted by molar-refractivity contribution is 6.30. The molecule has 4 aromatic rings.